The molecule has 0 radical (unpaired) electrons. The molecule has 184 valence electrons. The van der Waals surface area contributed by atoms with E-state index in [1.165, 1.54) is 21.9 Å². The number of piperidine rings is 2. The second kappa shape index (κ2) is 9.09. The topological polar surface area (TPSA) is 82.6 Å². The van der Waals surface area contributed by atoms with E-state index in [-0.39, 0.29) is 30.7 Å². The molecule has 0 bridgehead atoms. The Morgan fingerprint density at radius 3 is 2.69 bits per heavy atom. The fourth-order valence-corrected chi connectivity index (χ4v) is 5.99. The van der Waals surface area contributed by atoms with E-state index in [1.54, 1.807) is 6.07 Å². The fourth-order valence-electron chi connectivity index (χ4n) is 5.99. The number of pyridine rings is 1. The number of hydrogen-bond acceptors (Lipinski definition) is 5. The molecule has 2 fully saturated rings. The number of likely N-dealkylation sites (tertiary alicyclic amines) is 1. The van der Waals surface area contributed by atoms with E-state index in [0.29, 0.717) is 12.0 Å². The van der Waals surface area contributed by atoms with Gasteiger partial charge in [-0.05, 0) is 78.5 Å². The Bertz CT molecular complexity index is 1380. The van der Waals surface area contributed by atoms with Crippen molar-refractivity contribution >= 4 is 28.5 Å². The van der Waals surface area contributed by atoms with Crippen molar-refractivity contribution in [2.24, 2.45) is 0 Å². The molecule has 36 heavy (non-hydrogen) atoms. The molecule has 3 aliphatic rings. The number of fused-ring (bicyclic) bond motifs is 2. The molecule has 1 atom stereocenters. The zero-order chi connectivity index (χ0) is 24.8. The fraction of sp³-hybridized carbons (Fsp3) is 0.357. The molecule has 6 rings (SSSR count). The molecule has 3 aromatic rings. The molecule has 0 saturated carbocycles. The van der Waals surface area contributed by atoms with E-state index in [0.717, 1.165) is 49.0 Å². The summed E-state index contributed by atoms with van der Waals surface area (Å²) in [5.41, 5.74) is 3.32. The second-order valence-corrected chi connectivity index (χ2v) is 9.99. The third-order valence-electron chi connectivity index (χ3n) is 7.85. The molecule has 7 nitrogen and oxygen atoms in total. The lowest BCUT2D eigenvalue weighted by molar-refractivity contribution is -0.136. The van der Waals surface area contributed by atoms with Crippen molar-refractivity contribution in [3.05, 3.63) is 76.9 Å². The smallest absolute Gasteiger partial charge is 0.255 e. The number of carbonyl (C=O) groups is 3. The van der Waals surface area contributed by atoms with Gasteiger partial charge >= 0.3 is 0 Å². The van der Waals surface area contributed by atoms with Gasteiger partial charge in [-0.25, -0.2) is 4.39 Å². The van der Waals surface area contributed by atoms with E-state index in [4.69, 9.17) is 0 Å². The number of hydrogen-bond donors (Lipinski definition) is 1. The summed E-state index contributed by atoms with van der Waals surface area (Å²) in [5.74, 6) is -1.37. The quantitative estimate of drug-likeness (QED) is 0.571. The summed E-state index contributed by atoms with van der Waals surface area (Å²) in [6.45, 7) is 2.88. The molecule has 4 heterocycles. The van der Waals surface area contributed by atoms with Gasteiger partial charge in [0, 0.05) is 42.9 Å². The first kappa shape index (κ1) is 22.8. The summed E-state index contributed by atoms with van der Waals surface area (Å²) in [7, 11) is 0. The Hall–Kier alpha value is -3.65. The van der Waals surface area contributed by atoms with Crippen molar-refractivity contribution < 1.29 is 18.8 Å². The molecule has 0 spiro atoms. The van der Waals surface area contributed by atoms with Crippen LogP contribution < -0.4 is 5.32 Å². The summed E-state index contributed by atoms with van der Waals surface area (Å²) >= 11 is 0. The molecule has 1 aromatic heterocycles. The van der Waals surface area contributed by atoms with Crippen LogP contribution in [-0.4, -0.2) is 51.6 Å². The third-order valence-corrected chi connectivity index (χ3v) is 7.85. The normalized spacial score (nSPS) is 21.2. The van der Waals surface area contributed by atoms with E-state index in [9.17, 15) is 18.8 Å². The first-order chi connectivity index (χ1) is 17.5. The van der Waals surface area contributed by atoms with Crippen LogP contribution in [0.5, 0.6) is 0 Å². The summed E-state index contributed by atoms with van der Waals surface area (Å²) in [5, 5.41) is 4.67. The van der Waals surface area contributed by atoms with Crippen LogP contribution >= 0.6 is 0 Å². The van der Waals surface area contributed by atoms with E-state index >= 15 is 0 Å². The summed E-state index contributed by atoms with van der Waals surface area (Å²) in [4.78, 5) is 45.3. The predicted octanol–water partition coefficient (Wildman–Crippen LogP) is 3.51. The van der Waals surface area contributed by atoms with Crippen LogP contribution in [0.3, 0.4) is 0 Å². The van der Waals surface area contributed by atoms with E-state index in [1.807, 2.05) is 12.4 Å². The van der Waals surface area contributed by atoms with Gasteiger partial charge in [0.05, 0.1) is 0 Å². The Morgan fingerprint density at radius 1 is 1.06 bits per heavy atom. The van der Waals surface area contributed by atoms with Gasteiger partial charge in [0.2, 0.25) is 11.8 Å². The number of nitrogens with one attached hydrogen (secondary N) is 1. The molecular weight excluding hydrogens is 459 g/mol. The Morgan fingerprint density at radius 2 is 1.89 bits per heavy atom. The number of rotatable bonds is 4. The van der Waals surface area contributed by atoms with Crippen LogP contribution in [0.2, 0.25) is 0 Å². The van der Waals surface area contributed by atoms with E-state index < -0.39 is 17.8 Å². The Balaban J connectivity index is 1.19. The Labute approximate surface area is 208 Å². The summed E-state index contributed by atoms with van der Waals surface area (Å²) < 4.78 is 14.7. The van der Waals surface area contributed by atoms with Gasteiger partial charge in [-0.3, -0.25) is 29.6 Å². The monoisotopic (exact) mass is 486 g/mol. The maximum Gasteiger partial charge on any atom is 0.255 e. The van der Waals surface area contributed by atoms with Crippen molar-refractivity contribution in [3.63, 3.8) is 0 Å². The minimum Gasteiger partial charge on any atom is -0.322 e. The van der Waals surface area contributed by atoms with Crippen molar-refractivity contribution in [2.75, 3.05) is 13.1 Å². The molecular formula is C28H27FN4O3. The van der Waals surface area contributed by atoms with Gasteiger partial charge < -0.3 is 4.90 Å². The number of carbonyl (C=O) groups excluding carboxylic acids is 3. The highest BCUT2D eigenvalue weighted by Crippen LogP contribution is 2.38. The minimum atomic E-state index is -0.698. The largest absolute Gasteiger partial charge is 0.322 e. The number of amides is 3. The standard InChI is InChI=1S/C28H27FN4O3/c29-20-12-22(24-16-33(28(36)23(24)13-20)25-4-5-26(34)31-27(25)35)17-7-10-32(11-8-17)15-19-3-1-2-18-14-30-9-6-21(18)19/h1-3,6,9,12-14,17,25H,4-5,7-8,10-11,15-16H2,(H,31,34,35). The van der Waals surface area contributed by atoms with Gasteiger partial charge in [-0.1, -0.05) is 18.2 Å². The maximum absolute atomic E-state index is 14.7. The van der Waals surface area contributed by atoms with Crippen LogP contribution in [0.15, 0.2) is 48.8 Å². The molecule has 3 aliphatic heterocycles. The average molecular weight is 487 g/mol. The van der Waals surface area contributed by atoms with Gasteiger partial charge in [0.15, 0.2) is 0 Å². The Kier molecular flexibility index (Phi) is 5.76. The third kappa shape index (κ3) is 4.05. The molecule has 1 unspecified atom stereocenters. The number of imide groups is 1. The van der Waals surface area contributed by atoms with Crippen LogP contribution in [-0.2, 0) is 22.7 Å². The van der Waals surface area contributed by atoms with Crippen molar-refractivity contribution in [1.29, 1.82) is 0 Å². The van der Waals surface area contributed by atoms with Crippen molar-refractivity contribution in [2.45, 2.75) is 50.7 Å². The number of benzene rings is 2. The zero-order valence-electron chi connectivity index (χ0n) is 19.9. The summed E-state index contributed by atoms with van der Waals surface area (Å²) in [6.07, 6.45) is 5.94. The van der Waals surface area contributed by atoms with Gasteiger partial charge in [-0.2, -0.15) is 0 Å². The highest BCUT2D eigenvalue weighted by Gasteiger charge is 2.41. The van der Waals surface area contributed by atoms with Gasteiger partial charge in [0.1, 0.15) is 11.9 Å². The average Bonchev–Trinajstić information content (AvgIpc) is 3.20. The van der Waals surface area contributed by atoms with E-state index in [2.05, 4.69) is 39.5 Å². The molecule has 3 amide bonds. The zero-order valence-corrected chi connectivity index (χ0v) is 19.9. The van der Waals surface area contributed by atoms with Gasteiger partial charge in [0.25, 0.3) is 5.91 Å². The molecule has 1 N–H and O–H groups in total. The predicted molar refractivity (Wildman–Crippen MR) is 131 cm³/mol. The van der Waals surface area contributed by atoms with Crippen LogP contribution in [0.1, 0.15) is 58.6 Å². The molecule has 2 aromatic carbocycles. The lowest BCUT2D eigenvalue weighted by Gasteiger charge is -2.33. The first-order valence-corrected chi connectivity index (χ1v) is 12.5. The minimum absolute atomic E-state index is 0.150. The number of nitrogens with zero attached hydrogens (tertiary/aromatic N) is 3. The highest BCUT2D eigenvalue weighted by atomic mass is 19.1. The molecule has 8 heteroatoms. The van der Waals surface area contributed by atoms with Crippen molar-refractivity contribution in [1.82, 2.24) is 20.1 Å². The molecule has 0 aliphatic carbocycles. The molecule has 2 saturated heterocycles. The van der Waals surface area contributed by atoms with Crippen LogP contribution in [0.4, 0.5) is 4.39 Å². The maximum atomic E-state index is 14.7. The number of aromatic nitrogens is 1. The van der Waals surface area contributed by atoms with Gasteiger partial charge in [-0.15, -0.1) is 0 Å². The lowest BCUT2D eigenvalue weighted by Crippen LogP contribution is -2.52. The number of halogens is 1. The van der Waals surface area contributed by atoms with Crippen LogP contribution in [0.25, 0.3) is 10.8 Å². The van der Waals surface area contributed by atoms with Crippen LogP contribution in [0, 0.1) is 5.82 Å². The second-order valence-electron chi connectivity index (χ2n) is 9.99. The lowest BCUT2D eigenvalue weighted by atomic mass is 9.85. The SMILES string of the molecule is O=C1CCC(N2Cc3c(cc(F)cc3C3CCN(Cc4cccc5cnccc45)CC3)C2=O)C(=O)N1. The van der Waals surface area contributed by atoms with Crippen molar-refractivity contribution in [3.8, 4) is 0 Å². The summed E-state index contributed by atoms with van der Waals surface area (Å²) in [6, 6.07) is 10.5. The highest BCUT2D eigenvalue weighted by molar-refractivity contribution is 6.05. The first-order valence-electron chi connectivity index (χ1n) is 12.5.